The third kappa shape index (κ3) is 4.14. The number of amides is 2. The number of piperazine rings is 1. The number of hydrogen-bond donors (Lipinski definition) is 1. The molecule has 1 fully saturated rings. The summed E-state index contributed by atoms with van der Waals surface area (Å²) in [5.41, 5.74) is 1.64. The minimum absolute atomic E-state index is 0.488. The average molecular weight is 353 g/mol. The van der Waals surface area contributed by atoms with Crippen LogP contribution in [0.4, 0.5) is 11.4 Å². The zero-order valence-electron chi connectivity index (χ0n) is 14.9. The molecule has 1 saturated heterocycles. The van der Waals surface area contributed by atoms with Gasteiger partial charge in [0.05, 0.1) is 12.3 Å². The van der Waals surface area contributed by atoms with E-state index < -0.39 is 11.8 Å². The summed E-state index contributed by atoms with van der Waals surface area (Å²) in [4.78, 5) is 28.6. The molecule has 3 rings (SSSR count). The summed E-state index contributed by atoms with van der Waals surface area (Å²) in [6.07, 6.45) is 0. The number of nitrogens with one attached hydrogen (secondary N) is 1. The summed E-state index contributed by atoms with van der Waals surface area (Å²) in [5.74, 6) is -0.584. The Morgan fingerprint density at radius 3 is 2.31 bits per heavy atom. The SMILES string of the molecule is CCOc1ccccc1NC(=O)C(=O)N1CCN(c2ccccc2)CC1. The minimum atomic E-state index is -0.634. The van der Waals surface area contributed by atoms with Gasteiger partial charge in [0.2, 0.25) is 0 Å². The van der Waals surface area contributed by atoms with E-state index in [1.807, 2.05) is 31.2 Å². The van der Waals surface area contributed by atoms with Gasteiger partial charge in [0.1, 0.15) is 5.75 Å². The number of ether oxygens (including phenoxy) is 1. The van der Waals surface area contributed by atoms with Crippen molar-refractivity contribution >= 4 is 23.2 Å². The maximum Gasteiger partial charge on any atom is 0.314 e. The number of nitrogens with zero attached hydrogens (tertiary/aromatic N) is 2. The lowest BCUT2D eigenvalue weighted by Gasteiger charge is -2.35. The van der Waals surface area contributed by atoms with Crippen molar-refractivity contribution in [2.24, 2.45) is 0 Å². The van der Waals surface area contributed by atoms with Crippen LogP contribution in [0.3, 0.4) is 0 Å². The largest absolute Gasteiger partial charge is 0.492 e. The number of carbonyl (C=O) groups is 2. The fourth-order valence-corrected chi connectivity index (χ4v) is 2.98. The topological polar surface area (TPSA) is 61.9 Å². The van der Waals surface area contributed by atoms with Crippen molar-refractivity contribution in [1.82, 2.24) is 4.90 Å². The van der Waals surface area contributed by atoms with E-state index in [-0.39, 0.29) is 0 Å². The fraction of sp³-hybridized carbons (Fsp3) is 0.300. The number of anilines is 2. The number of rotatable bonds is 4. The Labute approximate surface area is 153 Å². The Kier molecular flexibility index (Phi) is 5.73. The molecule has 0 atom stereocenters. The van der Waals surface area contributed by atoms with Crippen LogP contribution in [0, 0.1) is 0 Å². The van der Waals surface area contributed by atoms with E-state index in [0.29, 0.717) is 44.2 Å². The summed E-state index contributed by atoms with van der Waals surface area (Å²) in [6, 6.07) is 17.2. The molecule has 0 spiro atoms. The summed E-state index contributed by atoms with van der Waals surface area (Å²) >= 11 is 0. The summed E-state index contributed by atoms with van der Waals surface area (Å²) in [7, 11) is 0. The predicted octanol–water partition coefficient (Wildman–Crippen LogP) is 2.37. The average Bonchev–Trinajstić information content (AvgIpc) is 2.70. The fourth-order valence-electron chi connectivity index (χ4n) is 2.98. The Morgan fingerprint density at radius 1 is 0.962 bits per heavy atom. The van der Waals surface area contributed by atoms with Crippen LogP contribution in [0.15, 0.2) is 54.6 Å². The van der Waals surface area contributed by atoms with Gasteiger partial charge in [-0.3, -0.25) is 9.59 Å². The maximum absolute atomic E-state index is 12.5. The molecule has 136 valence electrons. The molecule has 6 nitrogen and oxygen atoms in total. The molecule has 1 heterocycles. The van der Waals surface area contributed by atoms with Crippen LogP contribution in [0.1, 0.15) is 6.92 Å². The van der Waals surface area contributed by atoms with Gasteiger partial charge in [-0.05, 0) is 31.2 Å². The van der Waals surface area contributed by atoms with Gasteiger partial charge < -0.3 is 19.9 Å². The van der Waals surface area contributed by atoms with E-state index in [1.165, 1.54) is 0 Å². The molecule has 2 aromatic carbocycles. The highest BCUT2D eigenvalue weighted by Crippen LogP contribution is 2.23. The van der Waals surface area contributed by atoms with Gasteiger partial charge in [0.15, 0.2) is 0 Å². The van der Waals surface area contributed by atoms with Crippen LogP contribution in [0.2, 0.25) is 0 Å². The highest BCUT2D eigenvalue weighted by atomic mass is 16.5. The van der Waals surface area contributed by atoms with E-state index in [9.17, 15) is 9.59 Å². The summed E-state index contributed by atoms with van der Waals surface area (Å²) in [6.45, 7) is 4.82. The van der Waals surface area contributed by atoms with Crippen molar-refractivity contribution in [1.29, 1.82) is 0 Å². The first-order valence-electron chi connectivity index (χ1n) is 8.81. The molecule has 26 heavy (non-hydrogen) atoms. The second kappa shape index (κ2) is 8.38. The quantitative estimate of drug-likeness (QED) is 0.858. The van der Waals surface area contributed by atoms with Crippen molar-refractivity contribution in [2.45, 2.75) is 6.92 Å². The highest BCUT2D eigenvalue weighted by molar-refractivity contribution is 6.39. The molecule has 0 bridgehead atoms. The van der Waals surface area contributed by atoms with Crippen LogP contribution in [0.25, 0.3) is 0 Å². The van der Waals surface area contributed by atoms with Gasteiger partial charge in [-0.2, -0.15) is 0 Å². The van der Waals surface area contributed by atoms with Crippen LogP contribution >= 0.6 is 0 Å². The van der Waals surface area contributed by atoms with Crippen LogP contribution < -0.4 is 15.0 Å². The first-order chi connectivity index (χ1) is 12.7. The van der Waals surface area contributed by atoms with Gasteiger partial charge in [0, 0.05) is 31.9 Å². The molecule has 2 amide bonds. The molecule has 6 heteroatoms. The molecular formula is C20H23N3O3. The van der Waals surface area contributed by atoms with E-state index in [1.54, 1.807) is 23.1 Å². The molecule has 0 saturated carbocycles. The lowest BCUT2D eigenvalue weighted by Crippen LogP contribution is -2.51. The van der Waals surface area contributed by atoms with Crippen LogP contribution in [-0.2, 0) is 9.59 Å². The number of benzene rings is 2. The molecule has 2 aromatic rings. The molecule has 1 aliphatic rings. The van der Waals surface area contributed by atoms with Crippen molar-refractivity contribution < 1.29 is 14.3 Å². The van der Waals surface area contributed by atoms with Gasteiger partial charge in [0.25, 0.3) is 0 Å². The maximum atomic E-state index is 12.5. The summed E-state index contributed by atoms with van der Waals surface area (Å²) < 4.78 is 5.48. The first-order valence-corrected chi connectivity index (χ1v) is 8.81. The third-order valence-electron chi connectivity index (χ3n) is 4.32. The predicted molar refractivity (Wildman–Crippen MR) is 101 cm³/mol. The van der Waals surface area contributed by atoms with Gasteiger partial charge >= 0.3 is 11.8 Å². The van der Waals surface area contributed by atoms with Gasteiger partial charge in [-0.25, -0.2) is 0 Å². The lowest BCUT2D eigenvalue weighted by molar-refractivity contribution is -0.143. The second-order valence-corrected chi connectivity index (χ2v) is 6.00. The van der Waals surface area contributed by atoms with Crippen molar-refractivity contribution in [3.63, 3.8) is 0 Å². The molecule has 1 aliphatic heterocycles. The highest BCUT2D eigenvalue weighted by Gasteiger charge is 2.26. The Morgan fingerprint density at radius 2 is 1.62 bits per heavy atom. The monoisotopic (exact) mass is 353 g/mol. The van der Waals surface area contributed by atoms with Crippen LogP contribution in [-0.4, -0.2) is 49.5 Å². The zero-order chi connectivity index (χ0) is 18.4. The normalized spacial score (nSPS) is 14.0. The number of carbonyl (C=O) groups excluding carboxylic acids is 2. The standard InChI is InChI=1S/C20H23N3O3/c1-2-26-18-11-7-6-10-17(18)21-19(24)20(25)23-14-12-22(13-15-23)16-8-4-3-5-9-16/h3-11H,2,12-15H2,1H3,(H,21,24). The van der Waals surface area contributed by atoms with Crippen molar-refractivity contribution in [3.8, 4) is 5.75 Å². The van der Waals surface area contributed by atoms with Crippen molar-refractivity contribution in [2.75, 3.05) is 43.0 Å². The smallest absolute Gasteiger partial charge is 0.314 e. The molecular weight excluding hydrogens is 330 g/mol. The van der Waals surface area contributed by atoms with E-state index in [4.69, 9.17) is 4.74 Å². The van der Waals surface area contributed by atoms with Gasteiger partial charge in [-0.15, -0.1) is 0 Å². The Bertz CT molecular complexity index is 756. The Hall–Kier alpha value is -3.02. The van der Waals surface area contributed by atoms with Crippen molar-refractivity contribution in [3.05, 3.63) is 54.6 Å². The van der Waals surface area contributed by atoms with Crippen LogP contribution in [0.5, 0.6) is 5.75 Å². The summed E-state index contributed by atoms with van der Waals surface area (Å²) in [5, 5.41) is 2.67. The van der Waals surface area contributed by atoms with E-state index in [0.717, 1.165) is 5.69 Å². The molecule has 0 aliphatic carbocycles. The molecule has 0 unspecified atom stereocenters. The van der Waals surface area contributed by atoms with E-state index in [2.05, 4.69) is 22.3 Å². The molecule has 0 aromatic heterocycles. The first kappa shape index (κ1) is 17.8. The number of hydrogen-bond acceptors (Lipinski definition) is 4. The van der Waals surface area contributed by atoms with E-state index >= 15 is 0 Å². The lowest BCUT2D eigenvalue weighted by atomic mass is 10.2. The third-order valence-corrected chi connectivity index (χ3v) is 4.32. The minimum Gasteiger partial charge on any atom is -0.492 e. The molecule has 0 radical (unpaired) electrons. The number of para-hydroxylation sites is 3. The second-order valence-electron chi connectivity index (χ2n) is 6.00. The Balaban J connectivity index is 1.58. The zero-order valence-corrected chi connectivity index (χ0v) is 14.9. The van der Waals surface area contributed by atoms with Gasteiger partial charge in [-0.1, -0.05) is 30.3 Å². The molecule has 1 N–H and O–H groups in total.